The van der Waals surface area contributed by atoms with E-state index in [1.807, 2.05) is 42.5 Å². The number of hydrogen-bond acceptors (Lipinski definition) is 2. The van der Waals surface area contributed by atoms with E-state index in [0.29, 0.717) is 11.3 Å². The number of fused-ring (bicyclic) bond motifs is 1. The lowest BCUT2D eigenvalue weighted by molar-refractivity contribution is 0.406. The van der Waals surface area contributed by atoms with Crippen molar-refractivity contribution in [3.63, 3.8) is 0 Å². The standard InChI is InChI=1S/C18H16FNO/c1-21-17-10-9-13(19)11-16(17)18(20)15-8-4-6-12-5-2-3-7-14(12)15/h2-11,18H,20H2,1H3. The Hall–Kier alpha value is -2.39. The fraction of sp³-hybridized carbons (Fsp3) is 0.111. The normalized spacial score (nSPS) is 12.3. The fourth-order valence-corrected chi connectivity index (χ4v) is 2.64. The number of ether oxygens (including phenoxy) is 1. The van der Waals surface area contributed by atoms with Gasteiger partial charge < -0.3 is 10.5 Å². The number of hydrogen-bond donors (Lipinski definition) is 1. The van der Waals surface area contributed by atoms with Crippen LogP contribution in [0.15, 0.2) is 60.7 Å². The van der Waals surface area contributed by atoms with Crippen molar-refractivity contribution in [2.24, 2.45) is 5.73 Å². The Labute approximate surface area is 123 Å². The van der Waals surface area contributed by atoms with Gasteiger partial charge in [-0.15, -0.1) is 0 Å². The van der Waals surface area contributed by atoms with Gasteiger partial charge in [-0.3, -0.25) is 0 Å². The first-order valence-corrected chi connectivity index (χ1v) is 6.77. The third kappa shape index (κ3) is 2.48. The lowest BCUT2D eigenvalue weighted by Gasteiger charge is -2.18. The minimum atomic E-state index is -0.443. The van der Waals surface area contributed by atoms with Crippen LogP contribution < -0.4 is 10.5 Å². The molecule has 0 spiro atoms. The largest absolute Gasteiger partial charge is 0.496 e. The zero-order valence-corrected chi connectivity index (χ0v) is 11.7. The minimum Gasteiger partial charge on any atom is -0.496 e. The van der Waals surface area contributed by atoms with Gasteiger partial charge in [-0.05, 0) is 34.5 Å². The van der Waals surface area contributed by atoms with E-state index in [2.05, 4.69) is 0 Å². The molecule has 0 bridgehead atoms. The Balaban J connectivity index is 2.17. The van der Waals surface area contributed by atoms with Crippen LogP contribution in [0, 0.1) is 5.82 Å². The topological polar surface area (TPSA) is 35.2 Å². The van der Waals surface area contributed by atoms with Crippen molar-refractivity contribution in [1.29, 1.82) is 0 Å². The van der Waals surface area contributed by atoms with Gasteiger partial charge in [0.25, 0.3) is 0 Å². The Morgan fingerprint density at radius 1 is 0.952 bits per heavy atom. The van der Waals surface area contributed by atoms with Crippen LogP contribution in [-0.4, -0.2) is 7.11 Å². The van der Waals surface area contributed by atoms with Gasteiger partial charge in [0.2, 0.25) is 0 Å². The first-order chi connectivity index (χ1) is 10.2. The maximum atomic E-state index is 13.6. The number of halogens is 1. The third-order valence-corrected chi connectivity index (χ3v) is 3.69. The molecule has 3 rings (SSSR count). The highest BCUT2D eigenvalue weighted by Gasteiger charge is 2.17. The first-order valence-electron chi connectivity index (χ1n) is 6.77. The highest BCUT2D eigenvalue weighted by molar-refractivity contribution is 5.86. The summed E-state index contributed by atoms with van der Waals surface area (Å²) in [6, 6.07) is 18.0. The van der Waals surface area contributed by atoms with E-state index >= 15 is 0 Å². The van der Waals surface area contributed by atoms with Crippen molar-refractivity contribution in [3.8, 4) is 5.75 Å². The molecule has 2 N–H and O–H groups in total. The highest BCUT2D eigenvalue weighted by atomic mass is 19.1. The molecule has 1 atom stereocenters. The van der Waals surface area contributed by atoms with Gasteiger partial charge in [0.05, 0.1) is 13.2 Å². The number of methoxy groups -OCH3 is 1. The molecule has 21 heavy (non-hydrogen) atoms. The Morgan fingerprint density at radius 2 is 1.71 bits per heavy atom. The van der Waals surface area contributed by atoms with Gasteiger partial charge in [-0.25, -0.2) is 4.39 Å². The van der Waals surface area contributed by atoms with E-state index in [4.69, 9.17) is 10.5 Å². The van der Waals surface area contributed by atoms with Crippen LogP contribution in [0.25, 0.3) is 10.8 Å². The first kappa shape index (κ1) is 13.6. The second-order valence-electron chi connectivity index (χ2n) is 4.93. The molecule has 0 aromatic heterocycles. The Bertz CT molecular complexity index is 780. The molecule has 3 aromatic carbocycles. The predicted molar refractivity (Wildman–Crippen MR) is 82.9 cm³/mol. The second kappa shape index (κ2) is 5.54. The molecule has 0 heterocycles. The molecule has 106 valence electrons. The summed E-state index contributed by atoms with van der Waals surface area (Å²) in [6.07, 6.45) is 0. The van der Waals surface area contributed by atoms with E-state index in [9.17, 15) is 4.39 Å². The van der Waals surface area contributed by atoms with E-state index < -0.39 is 6.04 Å². The SMILES string of the molecule is COc1ccc(F)cc1C(N)c1cccc2ccccc12. The summed E-state index contributed by atoms with van der Waals surface area (Å²) in [4.78, 5) is 0. The quantitative estimate of drug-likeness (QED) is 0.786. The summed E-state index contributed by atoms with van der Waals surface area (Å²) >= 11 is 0. The Kier molecular flexibility index (Phi) is 3.59. The van der Waals surface area contributed by atoms with Gasteiger partial charge >= 0.3 is 0 Å². The van der Waals surface area contributed by atoms with Crippen molar-refractivity contribution in [1.82, 2.24) is 0 Å². The zero-order valence-electron chi connectivity index (χ0n) is 11.7. The number of rotatable bonds is 3. The summed E-state index contributed by atoms with van der Waals surface area (Å²) in [6.45, 7) is 0. The van der Waals surface area contributed by atoms with Crippen LogP contribution in [0.4, 0.5) is 4.39 Å². The number of benzene rings is 3. The molecule has 3 aromatic rings. The van der Waals surface area contributed by atoms with Crippen LogP contribution in [0.3, 0.4) is 0 Å². The number of nitrogens with two attached hydrogens (primary N) is 1. The zero-order chi connectivity index (χ0) is 14.8. The maximum Gasteiger partial charge on any atom is 0.124 e. The van der Waals surface area contributed by atoms with Crippen molar-refractivity contribution < 1.29 is 9.13 Å². The molecule has 2 nitrogen and oxygen atoms in total. The molecule has 0 amide bonds. The lowest BCUT2D eigenvalue weighted by atomic mass is 9.94. The fourth-order valence-electron chi connectivity index (χ4n) is 2.64. The summed E-state index contributed by atoms with van der Waals surface area (Å²) in [5.41, 5.74) is 7.98. The van der Waals surface area contributed by atoms with E-state index in [1.54, 1.807) is 13.2 Å². The van der Waals surface area contributed by atoms with Gasteiger partial charge in [0.1, 0.15) is 11.6 Å². The average Bonchev–Trinajstić information content (AvgIpc) is 2.53. The molecule has 0 saturated heterocycles. The van der Waals surface area contributed by atoms with Crippen LogP contribution in [0.5, 0.6) is 5.75 Å². The average molecular weight is 281 g/mol. The van der Waals surface area contributed by atoms with Crippen molar-refractivity contribution in [2.75, 3.05) is 7.11 Å². The lowest BCUT2D eigenvalue weighted by Crippen LogP contribution is -2.14. The van der Waals surface area contributed by atoms with E-state index in [0.717, 1.165) is 16.3 Å². The summed E-state index contributed by atoms with van der Waals surface area (Å²) in [7, 11) is 1.56. The van der Waals surface area contributed by atoms with Crippen LogP contribution in [0.1, 0.15) is 17.2 Å². The van der Waals surface area contributed by atoms with E-state index in [1.165, 1.54) is 12.1 Å². The molecule has 0 aliphatic rings. The molecule has 0 fully saturated rings. The predicted octanol–water partition coefficient (Wildman–Crippen LogP) is 4.04. The van der Waals surface area contributed by atoms with Crippen LogP contribution in [0.2, 0.25) is 0 Å². The van der Waals surface area contributed by atoms with Crippen molar-refractivity contribution >= 4 is 10.8 Å². The van der Waals surface area contributed by atoms with E-state index in [-0.39, 0.29) is 5.82 Å². The summed E-state index contributed by atoms with van der Waals surface area (Å²) in [5.74, 6) is 0.276. The van der Waals surface area contributed by atoms with Crippen LogP contribution >= 0.6 is 0 Å². The smallest absolute Gasteiger partial charge is 0.124 e. The third-order valence-electron chi connectivity index (χ3n) is 3.69. The van der Waals surface area contributed by atoms with Gasteiger partial charge in [0, 0.05) is 5.56 Å². The molecular weight excluding hydrogens is 265 g/mol. The monoisotopic (exact) mass is 281 g/mol. The summed E-state index contributed by atoms with van der Waals surface area (Å²) < 4.78 is 18.9. The van der Waals surface area contributed by atoms with Gasteiger partial charge in [-0.1, -0.05) is 42.5 Å². The maximum absolute atomic E-state index is 13.6. The van der Waals surface area contributed by atoms with Crippen molar-refractivity contribution in [2.45, 2.75) is 6.04 Å². The summed E-state index contributed by atoms with van der Waals surface area (Å²) in [5, 5.41) is 2.18. The molecule has 0 saturated carbocycles. The molecule has 0 aliphatic carbocycles. The molecule has 0 radical (unpaired) electrons. The Morgan fingerprint density at radius 3 is 2.52 bits per heavy atom. The second-order valence-corrected chi connectivity index (χ2v) is 4.93. The molecule has 1 unspecified atom stereocenters. The van der Waals surface area contributed by atoms with Gasteiger partial charge in [0.15, 0.2) is 0 Å². The molecule has 3 heteroatoms. The van der Waals surface area contributed by atoms with Crippen molar-refractivity contribution in [3.05, 3.63) is 77.6 Å². The highest BCUT2D eigenvalue weighted by Crippen LogP contribution is 2.32. The van der Waals surface area contributed by atoms with Gasteiger partial charge in [-0.2, -0.15) is 0 Å². The molecular formula is C18H16FNO. The minimum absolute atomic E-state index is 0.318. The molecule has 0 aliphatic heterocycles. The van der Waals surface area contributed by atoms with Crippen LogP contribution in [-0.2, 0) is 0 Å².